The quantitative estimate of drug-likeness (QED) is 0.676. The molecule has 0 aromatic heterocycles. The van der Waals surface area contributed by atoms with Crippen LogP contribution in [0.15, 0.2) is 47.4 Å². The molecular weight excluding hydrogens is 416 g/mol. The summed E-state index contributed by atoms with van der Waals surface area (Å²) in [7, 11) is -2.03. The van der Waals surface area contributed by atoms with Crippen molar-refractivity contribution >= 4 is 27.3 Å². The molecule has 1 aliphatic rings. The predicted octanol–water partition coefficient (Wildman–Crippen LogP) is 2.86. The van der Waals surface area contributed by atoms with Gasteiger partial charge in [0.1, 0.15) is 5.75 Å². The zero-order valence-corrected chi connectivity index (χ0v) is 18.9. The summed E-state index contributed by atoms with van der Waals surface area (Å²) in [4.78, 5) is 26.3. The Morgan fingerprint density at radius 2 is 1.87 bits per heavy atom. The Bertz CT molecular complexity index is 1060. The molecular formula is C23H28N2O5S. The van der Waals surface area contributed by atoms with Crippen molar-refractivity contribution in [2.75, 3.05) is 17.8 Å². The zero-order valence-electron chi connectivity index (χ0n) is 18.1. The summed E-state index contributed by atoms with van der Waals surface area (Å²) in [6.45, 7) is 4.08. The minimum Gasteiger partial charge on any atom is -0.497 e. The first-order valence-corrected chi connectivity index (χ1v) is 12.0. The van der Waals surface area contributed by atoms with E-state index in [0.29, 0.717) is 19.4 Å². The summed E-state index contributed by atoms with van der Waals surface area (Å²) in [5.74, 6) is 0.157. The van der Waals surface area contributed by atoms with Crippen molar-refractivity contribution < 1.29 is 22.7 Å². The summed E-state index contributed by atoms with van der Waals surface area (Å²) in [6, 6.07) is 12.2. The number of anilines is 1. The number of carbonyl (C=O) groups is 2. The fourth-order valence-corrected chi connectivity index (χ4v) is 5.02. The van der Waals surface area contributed by atoms with E-state index in [-0.39, 0.29) is 34.9 Å². The highest BCUT2D eigenvalue weighted by molar-refractivity contribution is 7.91. The molecule has 1 aliphatic heterocycles. The molecule has 0 saturated heterocycles. The van der Waals surface area contributed by atoms with Crippen LogP contribution in [0.1, 0.15) is 37.8 Å². The monoisotopic (exact) mass is 444 g/mol. The van der Waals surface area contributed by atoms with Crippen LogP contribution in [-0.4, -0.2) is 39.1 Å². The van der Waals surface area contributed by atoms with E-state index in [4.69, 9.17) is 4.74 Å². The van der Waals surface area contributed by atoms with Crippen LogP contribution in [-0.2, 0) is 32.4 Å². The lowest BCUT2D eigenvalue weighted by molar-refractivity contribution is -0.121. The van der Waals surface area contributed by atoms with Crippen molar-refractivity contribution in [3.05, 3.63) is 53.6 Å². The van der Waals surface area contributed by atoms with E-state index in [0.717, 1.165) is 22.6 Å². The maximum absolute atomic E-state index is 12.8. The van der Waals surface area contributed by atoms with Crippen LogP contribution in [0.2, 0.25) is 0 Å². The molecule has 2 amide bonds. The Kier molecular flexibility index (Phi) is 7.00. The van der Waals surface area contributed by atoms with Gasteiger partial charge in [0.05, 0.1) is 17.8 Å². The Morgan fingerprint density at radius 3 is 2.52 bits per heavy atom. The number of nitrogens with zero attached hydrogens (tertiary/aromatic N) is 1. The molecule has 0 bridgehead atoms. The molecule has 0 radical (unpaired) electrons. The first-order valence-electron chi connectivity index (χ1n) is 10.3. The normalized spacial score (nSPS) is 15.5. The van der Waals surface area contributed by atoms with Crippen molar-refractivity contribution in [3.8, 4) is 5.75 Å². The highest BCUT2D eigenvalue weighted by atomic mass is 32.2. The van der Waals surface area contributed by atoms with Crippen LogP contribution in [0.4, 0.5) is 5.69 Å². The van der Waals surface area contributed by atoms with Gasteiger partial charge in [0.2, 0.25) is 11.8 Å². The molecule has 1 atom stereocenters. The molecule has 2 aromatic rings. The smallest absolute Gasteiger partial charge is 0.226 e. The highest BCUT2D eigenvalue weighted by Gasteiger charge is 2.31. The number of carbonyl (C=O) groups excluding carboxylic acids is 2. The third-order valence-corrected chi connectivity index (χ3v) is 7.16. The summed E-state index contributed by atoms with van der Waals surface area (Å²) in [5, 5.41) is 2.74. The summed E-state index contributed by atoms with van der Waals surface area (Å²) in [5.41, 5.74) is 2.52. The number of rotatable bonds is 8. The van der Waals surface area contributed by atoms with Crippen molar-refractivity contribution in [2.45, 2.75) is 50.6 Å². The maximum atomic E-state index is 12.8. The second-order valence-electron chi connectivity index (χ2n) is 7.65. The van der Waals surface area contributed by atoms with E-state index in [2.05, 4.69) is 5.32 Å². The molecule has 0 spiro atoms. The zero-order chi connectivity index (χ0) is 22.6. The van der Waals surface area contributed by atoms with Crippen LogP contribution in [0.3, 0.4) is 0 Å². The number of hydrogen-bond acceptors (Lipinski definition) is 5. The van der Waals surface area contributed by atoms with E-state index >= 15 is 0 Å². The fourth-order valence-electron chi connectivity index (χ4n) is 3.73. The van der Waals surface area contributed by atoms with Crippen molar-refractivity contribution in [1.29, 1.82) is 0 Å². The minimum atomic E-state index is -3.61. The number of hydrogen-bond donors (Lipinski definition) is 1. The highest BCUT2D eigenvalue weighted by Crippen LogP contribution is 2.34. The van der Waals surface area contributed by atoms with Gasteiger partial charge in [-0.1, -0.05) is 19.1 Å². The van der Waals surface area contributed by atoms with E-state index in [1.807, 2.05) is 26.0 Å². The lowest BCUT2D eigenvalue weighted by Gasteiger charge is -2.22. The molecule has 1 heterocycles. The lowest BCUT2D eigenvalue weighted by atomic mass is 10.1. The average Bonchev–Trinajstić information content (AvgIpc) is 3.11. The standard InChI is InChI=1S/C23H28N2O5S/c1-4-23(27)25-16(2)13-18-14-20(9-10-21(18)25)31(28,29)12-11-22(26)24-15-17-5-7-19(30-3)8-6-17/h5-10,14,16H,4,11-13,15H2,1-3H3,(H,24,26)/t16-/m0/s1. The van der Waals surface area contributed by atoms with Gasteiger partial charge in [-0.2, -0.15) is 0 Å². The van der Waals surface area contributed by atoms with Gasteiger partial charge in [0, 0.05) is 31.1 Å². The molecule has 0 saturated carbocycles. The van der Waals surface area contributed by atoms with Gasteiger partial charge in [-0.15, -0.1) is 0 Å². The molecule has 1 N–H and O–H groups in total. The number of amides is 2. The van der Waals surface area contributed by atoms with Crippen molar-refractivity contribution in [2.24, 2.45) is 0 Å². The Hall–Kier alpha value is -2.87. The van der Waals surface area contributed by atoms with Crippen LogP contribution in [0.5, 0.6) is 5.75 Å². The van der Waals surface area contributed by atoms with Gasteiger partial charge in [0.15, 0.2) is 9.84 Å². The average molecular weight is 445 g/mol. The third kappa shape index (κ3) is 5.25. The number of sulfone groups is 1. The number of benzene rings is 2. The Balaban J connectivity index is 1.60. The van der Waals surface area contributed by atoms with Gasteiger partial charge in [0.25, 0.3) is 0 Å². The van der Waals surface area contributed by atoms with Crippen LogP contribution < -0.4 is 15.0 Å². The summed E-state index contributed by atoms with van der Waals surface area (Å²) < 4.78 is 30.6. The molecule has 166 valence electrons. The fraction of sp³-hybridized carbons (Fsp3) is 0.391. The second kappa shape index (κ2) is 9.51. The lowest BCUT2D eigenvalue weighted by Crippen LogP contribution is -2.35. The minimum absolute atomic E-state index is 0.00383. The largest absolute Gasteiger partial charge is 0.497 e. The van der Waals surface area contributed by atoms with Crippen molar-refractivity contribution in [1.82, 2.24) is 5.32 Å². The molecule has 31 heavy (non-hydrogen) atoms. The van der Waals surface area contributed by atoms with E-state index in [1.165, 1.54) is 6.07 Å². The van der Waals surface area contributed by atoms with E-state index in [9.17, 15) is 18.0 Å². The summed E-state index contributed by atoms with van der Waals surface area (Å²) in [6.07, 6.45) is 0.897. The molecule has 2 aromatic carbocycles. The Morgan fingerprint density at radius 1 is 1.16 bits per heavy atom. The molecule has 0 aliphatic carbocycles. The number of ether oxygens (including phenoxy) is 1. The second-order valence-corrected chi connectivity index (χ2v) is 9.76. The molecule has 3 rings (SSSR count). The maximum Gasteiger partial charge on any atom is 0.226 e. The molecule has 0 fully saturated rings. The number of fused-ring (bicyclic) bond motifs is 1. The first-order chi connectivity index (χ1) is 14.7. The van der Waals surface area contributed by atoms with Crippen molar-refractivity contribution in [3.63, 3.8) is 0 Å². The molecule has 8 heteroatoms. The van der Waals surface area contributed by atoms with Gasteiger partial charge in [-0.25, -0.2) is 8.42 Å². The topological polar surface area (TPSA) is 92.8 Å². The SMILES string of the molecule is CCC(=O)N1c2ccc(S(=O)(=O)CCC(=O)NCc3ccc(OC)cc3)cc2C[C@@H]1C. The number of methoxy groups -OCH3 is 1. The first kappa shape index (κ1) is 22.8. The third-order valence-electron chi connectivity index (χ3n) is 5.44. The van der Waals surface area contributed by atoms with E-state index < -0.39 is 9.84 Å². The number of nitrogens with one attached hydrogen (secondary N) is 1. The van der Waals surface area contributed by atoms with Gasteiger partial charge in [-0.3, -0.25) is 9.59 Å². The predicted molar refractivity (Wildman–Crippen MR) is 119 cm³/mol. The van der Waals surface area contributed by atoms with Gasteiger partial charge >= 0.3 is 0 Å². The van der Waals surface area contributed by atoms with Crippen LogP contribution in [0.25, 0.3) is 0 Å². The molecule has 7 nitrogen and oxygen atoms in total. The van der Waals surface area contributed by atoms with E-state index in [1.54, 1.807) is 36.3 Å². The summed E-state index contributed by atoms with van der Waals surface area (Å²) >= 11 is 0. The van der Waals surface area contributed by atoms with Crippen LogP contribution >= 0.6 is 0 Å². The van der Waals surface area contributed by atoms with Gasteiger partial charge < -0.3 is 15.0 Å². The Labute approximate surface area is 183 Å². The molecule has 0 unspecified atom stereocenters. The van der Waals surface area contributed by atoms with Gasteiger partial charge in [-0.05, 0) is 54.8 Å². The van der Waals surface area contributed by atoms with Crippen LogP contribution in [0, 0.1) is 0 Å².